The smallest absolute Gasteiger partial charge is 0.336 e. The third-order valence-corrected chi connectivity index (χ3v) is 4.51. The number of rotatable bonds is 2. The average molecular weight is 304 g/mol. The lowest BCUT2D eigenvalue weighted by Gasteiger charge is -2.35. The van der Waals surface area contributed by atoms with Crippen molar-refractivity contribution >= 4 is 11.0 Å². The molecule has 5 nitrogen and oxygen atoms in total. The van der Waals surface area contributed by atoms with E-state index in [2.05, 4.69) is 0 Å². The van der Waals surface area contributed by atoms with Gasteiger partial charge in [0.1, 0.15) is 23.2 Å². The standard InChI is InChI=1S/C17H20O5/c1-5-10-6-13(18)22-12-7-11(20-4)15-16(19)8(2)9(3)21-17(15)14(10)12/h6-9,16,19H,5H2,1-4H3/t8-,9-,16-/m0/s1. The van der Waals surface area contributed by atoms with Gasteiger partial charge in [0, 0.05) is 18.1 Å². The Morgan fingerprint density at radius 2 is 2.05 bits per heavy atom. The van der Waals surface area contributed by atoms with Crippen molar-refractivity contribution in [1.29, 1.82) is 0 Å². The molecule has 22 heavy (non-hydrogen) atoms. The van der Waals surface area contributed by atoms with E-state index >= 15 is 0 Å². The van der Waals surface area contributed by atoms with E-state index in [-0.39, 0.29) is 12.0 Å². The Morgan fingerprint density at radius 3 is 2.68 bits per heavy atom. The van der Waals surface area contributed by atoms with Gasteiger partial charge < -0.3 is 19.0 Å². The van der Waals surface area contributed by atoms with Crippen molar-refractivity contribution in [1.82, 2.24) is 0 Å². The lowest BCUT2D eigenvalue weighted by atomic mass is 9.87. The number of fused-ring (bicyclic) bond motifs is 3. The second-order valence-corrected chi connectivity index (χ2v) is 5.77. The molecule has 0 unspecified atom stereocenters. The minimum atomic E-state index is -0.685. The van der Waals surface area contributed by atoms with Gasteiger partial charge >= 0.3 is 5.63 Å². The van der Waals surface area contributed by atoms with Gasteiger partial charge in [-0.15, -0.1) is 0 Å². The maximum atomic E-state index is 11.7. The highest BCUT2D eigenvalue weighted by molar-refractivity contribution is 5.90. The molecule has 3 atom stereocenters. The molecule has 3 rings (SSSR count). The fourth-order valence-electron chi connectivity index (χ4n) is 3.03. The number of ether oxygens (including phenoxy) is 2. The molecule has 0 fully saturated rings. The summed E-state index contributed by atoms with van der Waals surface area (Å²) < 4.78 is 16.7. The molecule has 2 heterocycles. The monoisotopic (exact) mass is 304 g/mol. The van der Waals surface area contributed by atoms with E-state index < -0.39 is 11.7 Å². The summed E-state index contributed by atoms with van der Waals surface area (Å²) in [5.41, 5.74) is 1.50. The summed E-state index contributed by atoms with van der Waals surface area (Å²) in [6, 6.07) is 3.14. The van der Waals surface area contributed by atoms with Crippen LogP contribution in [0.3, 0.4) is 0 Å². The molecule has 0 saturated heterocycles. The zero-order valence-corrected chi connectivity index (χ0v) is 13.2. The van der Waals surface area contributed by atoms with Crippen LogP contribution < -0.4 is 15.1 Å². The molecule has 0 bridgehead atoms. The number of methoxy groups -OCH3 is 1. The van der Waals surface area contributed by atoms with Gasteiger partial charge in [0.05, 0.1) is 24.2 Å². The Kier molecular flexibility index (Phi) is 3.60. The van der Waals surface area contributed by atoms with Crippen LogP contribution in [0.5, 0.6) is 11.5 Å². The third kappa shape index (κ3) is 2.08. The van der Waals surface area contributed by atoms with E-state index in [0.29, 0.717) is 29.1 Å². The molecule has 1 aliphatic rings. The van der Waals surface area contributed by atoms with Gasteiger partial charge in [0.2, 0.25) is 0 Å². The van der Waals surface area contributed by atoms with Crippen LogP contribution in [0.4, 0.5) is 0 Å². The molecule has 1 N–H and O–H groups in total. The van der Waals surface area contributed by atoms with Gasteiger partial charge in [0.25, 0.3) is 0 Å². The lowest BCUT2D eigenvalue weighted by Crippen LogP contribution is -2.32. The summed E-state index contributed by atoms with van der Waals surface area (Å²) in [6.45, 7) is 5.83. The zero-order chi connectivity index (χ0) is 16.0. The van der Waals surface area contributed by atoms with Crippen LogP contribution >= 0.6 is 0 Å². The summed E-state index contributed by atoms with van der Waals surface area (Å²) in [5, 5.41) is 11.4. The van der Waals surface area contributed by atoms with E-state index in [9.17, 15) is 9.90 Å². The fraction of sp³-hybridized carbons (Fsp3) is 0.471. The van der Waals surface area contributed by atoms with E-state index in [0.717, 1.165) is 10.9 Å². The molecule has 0 radical (unpaired) electrons. The molecule has 118 valence electrons. The first-order chi connectivity index (χ1) is 10.5. The molecule has 5 heteroatoms. The van der Waals surface area contributed by atoms with Crippen molar-refractivity contribution in [2.24, 2.45) is 5.92 Å². The Hall–Kier alpha value is -2.01. The molecule has 1 aromatic carbocycles. The van der Waals surface area contributed by atoms with Crippen LogP contribution in [-0.4, -0.2) is 18.3 Å². The van der Waals surface area contributed by atoms with Crippen LogP contribution in [0.1, 0.15) is 38.0 Å². The topological polar surface area (TPSA) is 68.9 Å². The maximum Gasteiger partial charge on any atom is 0.336 e. The Balaban J connectivity index is 2.43. The minimum absolute atomic E-state index is 0.0559. The van der Waals surface area contributed by atoms with Crippen LogP contribution in [0.15, 0.2) is 21.3 Å². The number of aliphatic hydroxyl groups excluding tert-OH is 1. The predicted octanol–water partition coefficient (Wildman–Crippen LogP) is 2.81. The summed E-state index contributed by atoms with van der Waals surface area (Å²) in [6.07, 6.45) is -0.159. The van der Waals surface area contributed by atoms with E-state index in [1.165, 1.54) is 13.2 Å². The first kappa shape index (κ1) is 14.9. The molecular weight excluding hydrogens is 284 g/mol. The first-order valence-corrected chi connectivity index (χ1v) is 7.50. The zero-order valence-electron chi connectivity index (χ0n) is 13.2. The van der Waals surface area contributed by atoms with Crippen molar-refractivity contribution in [3.8, 4) is 11.5 Å². The highest BCUT2D eigenvalue weighted by atomic mass is 16.5. The van der Waals surface area contributed by atoms with Crippen molar-refractivity contribution in [2.45, 2.75) is 39.4 Å². The quantitative estimate of drug-likeness (QED) is 0.864. The van der Waals surface area contributed by atoms with Gasteiger partial charge in [-0.25, -0.2) is 4.79 Å². The molecule has 0 spiro atoms. The van der Waals surface area contributed by atoms with E-state index in [1.54, 1.807) is 6.07 Å². The highest BCUT2D eigenvalue weighted by Crippen LogP contribution is 2.48. The van der Waals surface area contributed by atoms with Crippen LogP contribution in [-0.2, 0) is 6.42 Å². The van der Waals surface area contributed by atoms with Gasteiger partial charge in [0.15, 0.2) is 0 Å². The normalized spacial score (nSPS) is 24.0. The van der Waals surface area contributed by atoms with Gasteiger partial charge in [-0.3, -0.25) is 0 Å². The minimum Gasteiger partial charge on any atom is -0.496 e. The molecule has 0 aliphatic carbocycles. The molecule has 0 amide bonds. The molecular formula is C17H20O5. The van der Waals surface area contributed by atoms with E-state index in [1.807, 2.05) is 20.8 Å². The number of aryl methyl sites for hydroxylation is 1. The fourth-order valence-corrected chi connectivity index (χ4v) is 3.03. The Labute approximate surface area is 128 Å². The van der Waals surface area contributed by atoms with Gasteiger partial charge in [-0.2, -0.15) is 0 Å². The summed E-state index contributed by atoms with van der Waals surface area (Å²) >= 11 is 0. The summed E-state index contributed by atoms with van der Waals surface area (Å²) in [4.78, 5) is 11.7. The molecule has 0 saturated carbocycles. The van der Waals surface area contributed by atoms with Gasteiger partial charge in [-0.05, 0) is 18.9 Å². The number of hydrogen-bond acceptors (Lipinski definition) is 5. The third-order valence-electron chi connectivity index (χ3n) is 4.51. The highest BCUT2D eigenvalue weighted by Gasteiger charge is 2.36. The van der Waals surface area contributed by atoms with Crippen LogP contribution in [0, 0.1) is 5.92 Å². The second-order valence-electron chi connectivity index (χ2n) is 5.77. The summed E-state index contributed by atoms with van der Waals surface area (Å²) in [7, 11) is 1.53. The number of aliphatic hydroxyl groups is 1. The Bertz CT molecular complexity index is 777. The lowest BCUT2D eigenvalue weighted by molar-refractivity contribution is 0.0167. The largest absolute Gasteiger partial charge is 0.496 e. The van der Waals surface area contributed by atoms with Crippen molar-refractivity contribution in [3.05, 3.63) is 33.7 Å². The maximum absolute atomic E-state index is 11.7. The Morgan fingerprint density at radius 1 is 1.32 bits per heavy atom. The molecule has 1 aromatic heterocycles. The molecule has 1 aliphatic heterocycles. The van der Waals surface area contributed by atoms with E-state index in [4.69, 9.17) is 13.9 Å². The van der Waals surface area contributed by atoms with Crippen LogP contribution in [0.2, 0.25) is 0 Å². The second kappa shape index (κ2) is 5.32. The number of hydrogen-bond donors (Lipinski definition) is 1. The van der Waals surface area contributed by atoms with Gasteiger partial charge in [-0.1, -0.05) is 13.8 Å². The summed E-state index contributed by atoms with van der Waals surface area (Å²) in [5.74, 6) is 0.984. The SMILES string of the molecule is CCc1cc(=O)oc2cc(OC)c3c(c12)O[C@@H](C)[C@H](C)[C@@H]3O. The van der Waals surface area contributed by atoms with Crippen molar-refractivity contribution < 1.29 is 19.0 Å². The number of benzene rings is 1. The predicted molar refractivity (Wildman–Crippen MR) is 82.6 cm³/mol. The van der Waals surface area contributed by atoms with Crippen molar-refractivity contribution in [3.63, 3.8) is 0 Å². The molecule has 2 aromatic rings. The first-order valence-electron chi connectivity index (χ1n) is 7.50. The average Bonchev–Trinajstić information content (AvgIpc) is 2.50. The van der Waals surface area contributed by atoms with Crippen LogP contribution in [0.25, 0.3) is 11.0 Å². The van der Waals surface area contributed by atoms with Crippen molar-refractivity contribution in [2.75, 3.05) is 7.11 Å².